The summed E-state index contributed by atoms with van der Waals surface area (Å²) in [5.41, 5.74) is 37.2. The second-order valence-electron chi connectivity index (χ2n) is 35.3. The van der Waals surface area contributed by atoms with Crippen molar-refractivity contribution in [3.8, 4) is 66.8 Å². The number of pyridine rings is 4. The smallest absolute Gasteiger partial charge is 0.154 e. The summed E-state index contributed by atoms with van der Waals surface area (Å²) in [5.74, 6) is 2.07. The Bertz CT molecular complexity index is 7150. The van der Waals surface area contributed by atoms with Crippen molar-refractivity contribution in [1.82, 2.24) is 79.7 Å². The molecule has 9 aromatic carbocycles. The Morgan fingerprint density at radius 3 is 0.552 bits per heavy atom. The fraction of sp³-hybridized carbons (Fsp3) is 0.105. The number of aryl methyl sites for hydroxylation is 6. The summed E-state index contributed by atoms with van der Waals surface area (Å²) in [6.45, 7) is 13.0. The molecule has 27 rings (SSSR count). The van der Waals surface area contributed by atoms with Crippen LogP contribution in [0.4, 0.5) is 0 Å². The Balaban J connectivity index is 0.000000108. The van der Waals surface area contributed by atoms with E-state index in [1.54, 1.807) is 0 Å². The SMILES string of the molecule is Cc1ccc2c(c1)C(c1cccs1)(c1cccs1)c1cc3c(cc1-2)C(c1cccs1)(c1cccs1)c1cc(C)ccc1-3.Cc1ccc2c(c1)C(c1ccncc1)(c1ccncc1)c1cc3c(cc1-2)C(c1ccncc1)(c1ccncc1)c1cc(C)ccc1-3.Cc1ccc2c(c1)C(c1ncncn1)(c1ncncn1)c1cc3c(cc1-2)C(c1ncncn1)(c1ncncn1)c1cc(C)ccc1-3. The Labute approximate surface area is 789 Å². The number of benzene rings is 9. The van der Waals surface area contributed by atoms with Crippen molar-refractivity contribution in [3.05, 3.63) is 530 Å². The third kappa shape index (κ3) is 11.3. The van der Waals surface area contributed by atoms with Crippen LogP contribution in [0, 0.1) is 41.5 Å². The highest BCUT2D eigenvalue weighted by Crippen LogP contribution is 2.68. The van der Waals surface area contributed by atoms with Crippen LogP contribution < -0.4 is 0 Å². The minimum atomic E-state index is -1.05. The van der Waals surface area contributed by atoms with Gasteiger partial charge in [-0.2, -0.15) is 0 Å². The van der Waals surface area contributed by atoms with E-state index in [0.29, 0.717) is 23.3 Å². The Hall–Kier alpha value is -15.6. The van der Waals surface area contributed by atoms with E-state index in [1.165, 1.54) is 204 Å². The van der Waals surface area contributed by atoms with E-state index in [0.717, 1.165) is 55.6 Å². The normalized spacial score (nSPS) is 14.9. The molecular weight excluding hydrogens is 1720 g/mol. The molecule has 638 valence electrons. The monoisotopic (exact) mass is 1800 g/mol. The summed E-state index contributed by atoms with van der Waals surface area (Å²) in [6, 6.07) is 91.1. The predicted octanol–water partition coefficient (Wildman–Crippen LogP) is 23.7. The summed E-state index contributed by atoms with van der Waals surface area (Å²) >= 11 is 7.51. The fourth-order valence-corrected chi connectivity index (χ4v) is 27.2. The zero-order chi connectivity index (χ0) is 89.8. The Morgan fingerprint density at radius 1 is 0.172 bits per heavy atom. The first-order valence-electron chi connectivity index (χ1n) is 44.4. The minimum Gasteiger partial charge on any atom is -0.265 e. The van der Waals surface area contributed by atoms with Crippen LogP contribution in [-0.2, 0) is 32.5 Å². The molecule has 0 spiro atoms. The van der Waals surface area contributed by atoms with Crippen LogP contribution in [0.15, 0.2) is 364 Å². The number of thiophene rings is 4. The lowest BCUT2D eigenvalue weighted by molar-refractivity contribution is 0.626. The number of rotatable bonds is 12. The van der Waals surface area contributed by atoms with Crippen molar-refractivity contribution in [2.24, 2.45) is 0 Å². The molecule has 0 aliphatic heterocycles. The van der Waals surface area contributed by atoms with Gasteiger partial charge < -0.3 is 0 Å². The third-order valence-electron chi connectivity index (χ3n) is 28.4. The van der Waals surface area contributed by atoms with Crippen LogP contribution in [0.5, 0.6) is 0 Å². The zero-order valence-corrected chi connectivity index (χ0v) is 76.7. The van der Waals surface area contributed by atoms with Gasteiger partial charge in [0.25, 0.3) is 0 Å². The maximum Gasteiger partial charge on any atom is 0.154 e. The molecule has 0 unspecified atom stereocenters. The van der Waals surface area contributed by atoms with Gasteiger partial charge in [-0.15, -0.1) is 45.3 Å². The highest BCUT2D eigenvalue weighted by Gasteiger charge is 2.59. The number of hydrogen-bond acceptors (Lipinski definition) is 20. The van der Waals surface area contributed by atoms with E-state index in [-0.39, 0.29) is 10.8 Å². The lowest BCUT2D eigenvalue weighted by atomic mass is 9.66. The van der Waals surface area contributed by atoms with Crippen LogP contribution >= 0.6 is 45.3 Å². The van der Waals surface area contributed by atoms with Crippen molar-refractivity contribution in [1.29, 1.82) is 0 Å². The molecule has 134 heavy (non-hydrogen) atoms. The molecule has 0 bridgehead atoms. The van der Waals surface area contributed by atoms with E-state index < -0.39 is 21.7 Å². The van der Waals surface area contributed by atoms with Crippen LogP contribution in [0.3, 0.4) is 0 Å². The average Bonchev–Trinajstić information content (AvgIpc) is 1.51. The first-order chi connectivity index (χ1) is 65.9. The zero-order valence-electron chi connectivity index (χ0n) is 73.4. The van der Waals surface area contributed by atoms with Gasteiger partial charge >= 0.3 is 0 Å². The van der Waals surface area contributed by atoms with Crippen molar-refractivity contribution >= 4 is 45.3 Å². The molecule has 0 saturated carbocycles. The van der Waals surface area contributed by atoms with E-state index in [9.17, 15) is 0 Å². The van der Waals surface area contributed by atoms with E-state index >= 15 is 0 Å². The van der Waals surface area contributed by atoms with E-state index in [2.05, 4.69) is 346 Å². The second-order valence-corrected chi connectivity index (χ2v) is 39.1. The summed E-state index contributed by atoms with van der Waals surface area (Å²) < 4.78 is 0. The van der Waals surface area contributed by atoms with Gasteiger partial charge in [-0.1, -0.05) is 167 Å². The van der Waals surface area contributed by atoms with Gasteiger partial charge in [-0.05, 0) is 328 Å². The van der Waals surface area contributed by atoms with Gasteiger partial charge in [0.05, 0.1) is 21.7 Å². The van der Waals surface area contributed by atoms with Crippen LogP contribution in [0.25, 0.3) is 66.8 Å². The van der Waals surface area contributed by atoms with Gasteiger partial charge in [0, 0.05) is 69.1 Å². The summed E-state index contributed by atoms with van der Waals surface area (Å²) in [6.07, 6.45) is 27.4. The quantitative estimate of drug-likeness (QED) is 0.111. The average molecular weight is 1800 g/mol. The maximum atomic E-state index is 4.73. The van der Waals surface area contributed by atoms with Gasteiger partial charge in [0.15, 0.2) is 23.3 Å². The highest BCUT2D eigenvalue weighted by molar-refractivity contribution is 7.12. The minimum absolute atomic E-state index is 0.323. The molecule has 0 amide bonds. The Morgan fingerprint density at radius 2 is 0.351 bits per heavy atom. The van der Waals surface area contributed by atoms with Crippen molar-refractivity contribution in [2.45, 2.75) is 74.0 Å². The van der Waals surface area contributed by atoms with Gasteiger partial charge in [-0.25, -0.2) is 59.8 Å². The predicted molar refractivity (Wildman–Crippen MR) is 528 cm³/mol. The molecular formula is C114H78N16S4. The van der Waals surface area contributed by atoms with Crippen molar-refractivity contribution in [2.75, 3.05) is 0 Å². The van der Waals surface area contributed by atoms with Crippen LogP contribution in [0.2, 0.25) is 0 Å². The van der Waals surface area contributed by atoms with Gasteiger partial charge in [0.2, 0.25) is 0 Å². The van der Waals surface area contributed by atoms with Gasteiger partial charge in [0.1, 0.15) is 61.4 Å². The van der Waals surface area contributed by atoms with E-state index in [4.69, 9.17) is 39.9 Å². The second kappa shape index (κ2) is 31.0. The molecule has 12 heterocycles. The molecule has 0 fully saturated rings. The first kappa shape index (κ1) is 80.5. The fourth-order valence-electron chi connectivity index (χ4n) is 23.2. The summed E-state index contributed by atoms with van der Waals surface area (Å²) in [7, 11) is 0. The van der Waals surface area contributed by atoms with Crippen molar-refractivity contribution in [3.63, 3.8) is 0 Å². The molecule has 16 nitrogen and oxygen atoms in total. The molecule has 0 atom stereocenters. The number of hydrogen-bond donors (Lipinski definition) is 0. The Kier molecular flexibility index (Phi) is 18.6. The topological polar surface area (TPSA) is 206 Å². The number of nitrogens with zero attached hydrogens (tertiary/aromatic N) is 16. The standard InChI is InChI=1S/C42H30N4.C38H26S4.C34H22N12/c1-27-3-5-33-35-25-40-36(26-39(35)41(37(33)23-27,29-7-15-43-16-8-29)30-9-17-44-18-10-30)34-6-4-28(2)24-38(34)42(40,31-11-19-45-20-12-31)32-13-21-46-22-14-32;1-23-11-13-25-27-21-32-28(22-31(27)37(29(25)19-23,33-7-3-15-39-33)34-8-4-16-40-34)26-14-12-24(2)20-30(26)38(32,35-9-5-17-41-35)36-10-6-18-42-36;1-19-3-5-21-23-9-28-24(10-27(23)33(25(21)7-19,29-39-11-35-12-40-29)30-41-13-36-14-42-30)22-6-4-20(2)8-26(22)34(28,31-43-15-37-16-44-31)32-45-17-38-18-46-32/h3-26H,1-2H3;3-22H,1-2H3;3-18H,1-2H3. The maximum absolute atomic E-state index is 4.73. The summed E-state index contributed by atoms with van der Waals surface area (Å²) in [5, 5.41) is 8.95. The molecule has 6 aliphatic rings. The molecule has 21 aromatic rings. The molecule has 20 heteroatoms. The molecule has 6 aliphatic carbocycles. The number of aromatic nitrogens is 16. The molecule has 0 N–H and O–H groups in total. The largest absolute Gasteiger partial charge is 0.265 e. The highest BCUT2D eigenvalue weighted by atomic mass is 32.1. The molecule has 0 saturated heterocycles. The van der Waals surface area contributed by atoms with Crippen LogP contribution in [-0.4, -0.2) is 79.7 Å². The van der Waals surface area contributed by atoms with E-state index in [1.807, 2.05) is 94.9 Å². The lowest BCUT2D eigenvalue weighted by Gasteiger charge is -2.35. The molecule has 12 aromatic heterocycles. The first-order valence-corrected chi connectivity index (χ1v) is 48.0. The summed E-state index contributed by atoms with van der Waals surface area (Å²) in [4.78, 5) is 77.7. The molecule has 0 radical (unpaired) electrons. The lowest BCUT2D eigenvalue weighted by Crippen LogP contribution is -2.34. The van der Waals surface area contributed by atoms with Gasteiger partial charge in [-0.3, -0.25) is 19.9 Å². The van der Waals surface area contributed by atoms with Crippen molar-refractivity contribution < 1.29 is 0 Å². The third-order valence-corrected chi connectivity index (χ3v) is 32.4. The number of fused-ring (bicyclic) bond motifs is 18. The van der Waals surface area contributed by atoms with Crippen LogP contribution in [0.1, 0.15) is 165 Å².